The minimum absolute atomic E-state index is 0.0204. The molecular formula is C14H11ClN2O3. The molecular weight excluding hydrogens is 280 g/mol. The predicted molar refractivity (Wildman–Crippen MR) is 78.4 cm³/mol. The highest BCUT2D eigenvalue weighted by atomic mass is 35.5. The molecule has 0 saturated carbocycles. The maximum atomic E-state index is 10.7. The van der Waals surface area contributed by atoms with Crippen LogP contribution >= 0.6 is 11.6 Å². The summed E-state index contributed by atoms with van der Waals surface area (Å²) in [5.41, 5.74) is 1.21. The lowest BCUT2D eigenvalue weighted by atomic mass is 10.2. The Morgan fingerprint density at radius 1 is 1.30 bits per heavy atom. The van der Waals surface area contributed by atoms with Crippen LogP contribution in [-0.2, 0) is 0 Å². The summed E-state index contributed by atoms with van der Waals surface area (Å²) in [7, 11) is 1.54. The quantitative estimate of drug-likeness (QED) is 0.485. The summed E-state index contributed by atoms with van der Waals surface area (Å²) >= 11 is 5.90. The van der Waals surface area contributed by atoms with Gasteiger partial charge in [-0.3, -0.25) is 15.1 Å². The van der Waals surface area contributed by atoms with Gasteiger partial charge in [-0.1, -0.05) is 23.7 Å². The summed E-state index contributed by atoms with van der Waals surface area (Å²) in [5.74, 6) is 0.580. The number of non-ortho nitro benzene ring substituents is 1. The monoisotopic (exact) mass is 290 g/mol. The molecule has 6 heteroatoms. The molecule has 0 aromatic heterocycles. The van der Waals surface area contributed by atoms with Crippen molar-refractivity contribution in [1.82, 2.24) is 0 Å². The number of hydrogen-bond acceptors (Lipinski definition) is 4. The van der Waals surface area contributed by atoms with Gasteiger partial charge in [-0.15, -0.1) is 0 Å². The van der Waals surface area contributed by atoms with Gasteiger partial charge in [0, 0.05) is 23.4 Å². The van der Waals surface area contributed by atoms with Crippen LogP contribution in [0.2, 0.25) is 5.02 Å². The molecule has 102 valence electrons. The molecule has 0 atom stereocenters. The molecule has 5 nitrogen and oxygen atoms in total. The van der Waals surface area contributed by atoms with Crippen molar-refractivity contribution >= 4 is 29.2 Å². The molecule has 2 aromatic rings. The normalized spacial score (nSPS) is 10.7. The van der Waals surface area contributed by atoms with Gasteiger partial charge >= 0.3 is 0 Å². The summed E-state index contributed by atoms with van der Waals surface area (Å²) < 4.78 is 5.17. The highest BCUT2D eigenvalue weighted by Gasteiger charge is 2.05. The van der Waals surface area contributed by atoms with E-state index in [1.807, 2.05) is 0 Å². The van der Waals surface area contributed by atoms with E-state index in [0.29, 0.717) is 22.0 Å². The van der Waals surface area contributed by atoms with Crippen molar-refractivity contribution in [3.8, 4) is 5.75 Å². The van der Waals surface area contributed by atoms with Crippen LogP contribution in [0.25, 0.3) is 0 Å². The van der Waals surface area contributed by atoms with Gasteiger partial charge in [0.05, 0.1) is 12.0 Å². The van der Waals surface area contributed by atoms with Gasteiger partial charge in [0.1, 0.15) is 11.4 Å². The Hall–Kier alpha value is -2.40. The van der Waals surface area contributed by atoms with Crippen LogP contribution in [0.15, 0.2) is 47.5 Å². The van der Waals surface area contributed by atoms with Gasteiger partial charge in [-0.25, -0.2) is 0 Å². The highest BCUT2D eigenvalue weighted by molar-refractivity contribution is 6.30. The number of hydrogen-bond donors (Lipinski definition) is 0. The number of nitrogens with zero attached hydrogens (tertiary/aromatic N) is 2. The Morgan fingerprint density at radius 2 is 2.10 bits per heavy atom. The first kappa shape index (κ1) is 14.0. The highest BCUT2D eigenvalue weighted by Crippen LogP contribution is 2.30. The smallest absolute Gasteiger partial charge is 0.270 e. The lowest BCUT2D eigenvalue weighted by Gasteiger charge is -2.04. The molecule has 0 fully saturated rings. The van der Waals surface area contributed by atoms with E-state index in [2.05, 4.69) is 4.99 Å². The average molecular weight is 291 g/mol. The van der Waals surface area contributed by atoms with Crippen molar-refractivity contribution in [2.24, 2.45) is 4.99 Å². The summed E-state index contributed by atoms with van der Waals surface area (Å²) in [5, 5.41) is 11.2. The maximum Gasteiger partial charge on any atom is 0.270 e. The molecule has 2 rings (SSSR count). The van der Waals surface area contributed by atoms with Crippen LogP contribution in [0.3, 0.4) is 0 Å². The molecule has 0 aliphatic rings. The van der Waals surface area contributed by atoms with Crippen molar-refractivity contribution in [3.63, 3.8) is 0 Å². The summed E-state index contributed by atoms with van der Waals surface area (Å²) in [6.07, 6.45) is 1.53. The molecule has 0 saturated heterocycles. The Bertz CT molecular complexity index is 671. The van der Waals surface area contributed by atoms with E-state index in [-0.39, 0.29) is 5.69 Å². The fourth-order valence-electron chi connectivity index (χ4n) is 1.63. The van der Waals surface area contributed by atoms with Gasteiger partial charge < -0.3 is 4.74 Å². The van der Waals surface area contributed by atoms with E-state index in [4.69, 9.17) is 16.3 Å². The zero-order valence-corrected chi connectivity index (χ0v) is 11.4. The number of methoxy groups -OCH3 is 1. The number of halogens is 1. The fourth-order valence-corrected chi connectivity index (χ4v) is 1.79. The largest absolute Gasteiger partial charge is 0.494 e. The number of nitro benzene ring substituents is 1. The van der Waals surface area contributed by atoms with Crippen LogP contribution in [0.4, 0.5) is 11.4 Å². The third-order valence-corrected chi connectivity index (χ3v) is 2.81. The lowest BCUT2D eigenvalue weighted by Crippen LogP contribution is -1.89. The van der Waals surface area contributed by atoms with Gasteiger partial charge in [-0.05, 0) is 23.8 Å². The van der Waals surface area contributed by atoms with Crippen LogP contribution in [-0.4, -0.2) is 18.2 Å². The van der Waals surface area contributed by atoms with Crippen molar-refractivity contribution in [2.45, 2.75) is 0 Å². The van der Waals surface area contributed by atoms with Gasteiger partial charge in [-0.2, -0.15) is 0 Å². The Labute approximate surface area is 120 Å². The topological polar surface area (TPSA) is 64.7 Å². The SMILES string of the molecule is COc1ccc(Cl)cc1N=Cc1cccc([N+](=O)[O-])c1. The van der Waals surface area contributed by atoms with Crippen molar-refractivity contribution in [1.29, 1.82) is 0 Å². The third kappa shape index (κ3) is 3.33. The molecule has 0 spiro atoms. The minimum atomic E-state index is -0.447. The Balaban J connectivity index is 2.31. The molecule has 0 N–H and O–H groups in total. The fraction of sp³-hybridized carbons (Fsp3) is 0.0714. The molecule has 0 aliphatic heterocycles. The number of benzene rings is 2. The average Bonchev–Trinajstić information content (AvgIpc) is 2.45. The molecule has 0 unspecified atom stereocenters. The van der Waals surface area contributed by atoms with Crippen LogP contribution in [0.5, 0.6) is 5.75 Å². The predicted octanol–water partition coefficient (Wildman–Crippen LogP) is 4.01. The van der Waals surface area contributed by atoms with Crippen molar-refractivity contribution in [2.75, 3.05) is 7.11 Å². The second-order valence-electron chi connectivity index (χ2n) is 3.93. The van der Waals surface area contributed by atoms with E-state index in [1.165, 1.54) is 25.5 Å². The summed E-state index contributed by atoms with van der Waals surface area (Å²) in [6, 6.07) is 11.3. The van der Waals surface area contributed by atoms with Crippen LogP contribution < -0.4 is 4.74 Å². The second-order valence-corrected chi connectivity index (χ2v) is 4.36. The van der Waals surface area contributed by atoms with Gasteiger partial charge in [0.25, 0.3) is 5.69 Å². The summed E-state index contributed by atoms with van der Waals surface area (Å²) in [6.45, 7) is 0. The first-order valence-corrected chi connectivity index (χ1v) is 6.10. The number of aliphatic imine (C=N–C) groups is 1. The molecule has 0 heterocycles. The number of ether oxygens (including phenoxy) is 1. The van der Waals surface area contributed by atoms with E-state index in [0.717, 1.165) is 0 Å². The molecule has 0 bridgehead atoms. The van der Waals surface area contributed by atoms with Gasteiger partial charge in [0.15, 0.2) is 0 Å². The Kier molecular flexibility index (Phi) is 4.32. The third-order valence-electron chi connectivity index (χ3n) is 2.57. The lowest BCUT2D eigenvalue weighted by molar-refractivity contribution is -0.384. The molecule has 20 heavy (non-hydrogen) atoms. The molecule has 0 radical (unpaired) electrons. The number of rotatable bonds is 4. The van der Waals surface area contributed by atoms with E-state index < -0.39 is 4.92 Å². The first-order chi connectivity index (χ1) is 9.60. The molecule has 0 amide bonds. The Morgan fingerprint density at radius 3 is 2.80 bits per heavy atom. The van der Waals surface area contributed by atoms with E-state index >= 15 is 0 Å². The van der Waals surface area contributed by atoms with E-state index in [1.54, 1.807) is 30.3 Å². The van der Waals surface area contributed by atoms with E-state index in [9.17, 15) is 10.1 Å². The number of nitro groups is 1. The first-order valence-electron chi connectivity index (χ1n) is 5.72. The van der Waals surface area contributed by atoms with Crippen molar-refractivity contribution in [3.05, 3.63) is 63.2 Å². The standard InChI is InChI=1S/C14H11ClN2O3/c1-20-14-6-5-11(15)8-13(14)16-9-10-3-2-4-12(7-10)17(18)19/h2-9H,1H3. The van der Waals surface area contributed by atoms with Gasteiger partial charge in [0.2, 0.25) is 0 Å². The summed E-state index contributed by atoms with van der Waals surface area (Å²) in [4.78, 5) is 14.5. The minimum Gasteiger partial charge on any atom is -0.494 e. The zero-order chi connectivity index (χ0) is 14.5. The maximum absolute atomic E-state index is 10.7. The van der Waals surface area contributed by atoms with Crippen molar-refractivity contribution < 1.29 is 9.66 Å². The zero-order valence-electron chi connectivity index (χ0n) is 10.6. The second kappa shape index (κ2) is 6.16. The van der Waals surface area contributed by atoms with Crippen LogP contribution in [0.1, 0.15) is 5.56 Å². The molecule has 2 aromatic carbocycles. The van der Waals surface area contributed by atoms with Crippen LogP contribution in [0, 0.1) is 10.1 Å². The molecule has 0 aliphatic carbocycles.